The molecule has 0 fully saturated rings. The van der Waals surface area contributed by atoms with Crippen molar-refractivity contribution in [2.75, 3.05) is 5.32 Å². The van der Waals surface area contributed by atoms with Crippen LogP contribution in [0.2, 0.25) is 0 Å². The number of benzene rings is 2. The summed E-state index contributed by atoms with van der Waals surface area (Å²) in [4.78, 5) is 32.6. The Kier molecular flexibility index (Phi) is 5.43. The lowest BCUT2D eigenvalue weighted by Gasteiger charge is -2.10. The monoisotopic (exact) mass is 343 g/mol. The van der Waals surface area contributed by atoms with Crippen LogP contribution in [0.3, 0.4) is 0 Å². The van der Waals surface area contributed by atoms with E-state index in [9.17, 15) is 25.0 Å². The van der Waals surface area contributed by atoms with Gasteiger partial charge in [-0.3, -0.25) is 25.0 Å². The lowest BCUT2D eigenvalue weighted by molar-refractivity contribution is -0.394. The Hall–Kier alpha value is -3.29. The number of carbonyl (C=O) groups is 1. The minimum Gasteiger partial charge on any atom is -0.322 e. The molecule has 2 aromatic rings. The number of nitro groups is 2. The predicted octanol–water partition coefficient (Wildman–Crippen LogP) is 4.27. The van der Waals surface area contributed by atoms with Gasteiger partial charge in [0, 0.05) is 11.8 Å². The molecule has 0 bridgehead atoms. The second-order valence-corrected chi connectivity index (χ2v) is 5.60. The van der Waals surface area contributed by atoms with E-state index in [1.54, 1.807) is 12.1 Å². The van der Waals surface area contributed by atoms with Crippen LogP contribution in [0.25, 0.3) is 0 Å². The standard InChI is InChI=1S/C17H17N3O5/c1-3-11(2)12-4-6-13(7-5-12)18-17(21)15-9-8-14(19(22)23)10-16(15)20(24)25/h4-11H,3H2,1-2H3,(H,18,21)/t11-/m0/s1. The second-order valence-electron chi connectivity index (χ2n) is 5.60. The van der Waals surface area contributed by atoms with Crippen LogP contribution in [-0.4, -0.2) is 15.8 Å². The van der Waals surface area contributed by atoms with Crippen molar-refractivity contribution in [2.24, 2.45) is 0 Å². The summed E-state index contributed by atoms with van der Waals surface area (Å²) in [5.74, 6) is -0.307. The van der Waals surface area contributed by atoms with Crippen LogP contribution in [0.4, 0.5) is 17.1 Å². The Labute approximate surface area is 143 Å². The lowest BCUT2D eigenvalue weighted by Crippen LogP contribution is -2.14. The molecule has 2 rings (SSSR count). The van der Waals surface area contributed by atoms with Crippen LogP contribution in [0, 0.1) is 20.2 Å². The van der Waals surface area contributed by atoms with Gasteiger partial charge in [-0.1, -0.05) is 26.0 Å². The van der Waals surface area contributed by atoms with Gasteiger partial charge < -0.3 is 5.32 Å². The molecular formula is C17H17N3O5. The van der Waals surface area contributed by atoms with E-state index in [0.29, 0.717) is 11.6 Å². The molecule has 8 nitrogen and oxygen atoms in total. The Morgan fingerprint density at radius 2 is 1.72 bits per heavy atom. The number of carbonyl (C=O) groups excluding carboxylic acids is 1. The highest BCUT2D eigenvalue weighted by Gasteiger charge is 2.24. The Balaban J connectivity index is 2.26. The molecule has 0 aromatic heterocycles. The average molecular weight is 343 g/mol. The van der Waals surface area contributed by atoms with Gasteiger partial charge in [-0.25, -0.2) is 0 Å². The fraction of sp³-hybridized carbons (Fsp3) is 0.235. The molecule has 8 heteroatoms. The van der Waals surface area contributed by atoms with Crippen molar-refractivity contribution in [3.63, 3.8) is 0 Å². The van der Waals surface area contributed by atoms with Crippen molar-refractivity contribution >= 4 is 23.0 Å². The summed E-state index contributed by atoms with van der Waals surface area (Å²) in [5, 5.41) is 24.4. The molecule has 0 heterocycles. The molecule has 1 amide bonds. The van der Waals surface area contributed by atoms with Gasteiger partial charge in [0.25, 0.3) is 17.3 Å². The second kappa shape index (κ2) is 7.52. The quantitative estimate of drug-likeness (QED) is 0.621. The summed E-state index contributed by atoms with van der Waals surface area (Å²) in [6.07, 6.45) is 0.987. The molecule has 130 valence electrons. The zero-order valence-corrected chi connectivity index (χ0v) is 13.8. The molecule has 0 spiro atoms. The predicted molar refractivity (Wildman–Crippen MR) is 92.9 cm³/mol. The first-order valence-electron chi connectivity index (χ1n) is 7.67. The van der Waals surface area contributed by atoms with E-state index in [0.717, 1.165) is 30.2 Å². The van der Waals surface area contributed by atoms with E-state index < -0.39 is 27.1 Å². The minimum atomic E-state index is -0.812. The molecule has 0 aliphatic carbocycles. The third kappa shape index (κ3) is 4.17. The third-order valence-corrected chi connectivity index (χ3v) is 3.98. The van der Waals surface area contributed by atoms with Crippen LogP contribution in [0.1, 0.15) is 42.1 Å². The van der Waals surface area contributed by atoms with Crippen molar-refractivity contribution in [1.29, 1.82) is 0 Å². The largest absolute Gasteiger partial charge is 0.322 e. The first-order chi connectivity index (χ1) is 11.8. The molecule has 0 unspecified atom stereocenters. The number of nitrogens with one attached hydrogen (secondary N) is 1. The summed E-state index contributed by atoms with van der Waals surface area (Å²) in [5.41, 5.74) is 0.331. The zero-order valence-electron chi connectivity index (χ0n) is 13.8. The normalized spacial score (nSPS) is 11.6. The third-order valence-electron chi connectivity index (χ3n) is 3.98. The molecule has 25 heavy (non-hydrogen) atoms. The summed E-state index contributed by atoms with van der Waals surface area (Å²) in [7, 11) is 0. The Morgan fingerprint density at radius 3 is 2.24 bits per heavy atom. The van der Waals surface area contributed by atoms with Crippen LogP contribution >= 0.6 is 0 Å². The summed E-state index contributed by atoms with van der Waals surface area (Å²) < 4.78 is 0. The first-order valence-corrected chi connectivity index (χ1v) is 7.67. The Morgan fingerprint density at radius 1 is 1.08 bits per heavy atom. The maximum absolute atomic E-state index is 12.3. The molecular weight excluding hydrogens is 326 g/mol. The highest BCUT2D eigenvalue weighted by atomic mass is 16.6. The molecule has 0 radical (unpaired) electrons. The van der Waals surface area contributed by atoms with Gasteiger partial charge in [-0.15, -0.1) is 0 Å². The van der Waals surface area contributed by atoms with Crippen LogP contribution in [-0.2, 0) is 0 Å². The lowest BCUT2D eigenvalue weighted by atomic mass is 9.98. The summed E-state index contributed by atoms with van der Waals surface area (Å²) >= 11 is 0. The minimum absolute atomic E-state index is 0.235. The van der Waals surface area contributed by atoms with Gasteiger partial charge in [0.15, 0.2) is 0 Å². The van der Waals surface area contributed by atoms with Crippen LogP contribution in [0.15, 0.2) is 42.5 Å². The number of rotatable bonds is 6. The molecule has 0 aliphatic rings. The average Bonchev–Trinajstić information content (AvgIpc) is 2.60. The van der Waals surface area contributed by atoms with E-state index in [1.807, 2.05) is 12.1 Å². The topological polar surface area (TPSA) is 115 Å². The van der Waals surface area contributed by atoms with Gasteiger partial charge in [0.2, 0.25) is 0 Å². The van der Waals surface area contributed by atoms with Crippen molar-refractivity contribution in [2.45, 2.75) is 26.2 Å². The van der Waals surface area contributed by atoms with E-state index in [1.165, 1.54) is 0 Å². The van der Waals surface area contributed by atoms with Crippen molar-refractivity contribution in [3.05, 3.63) is 73.8 Å². The molecule has 0 saturated carbocycles. The van der Waals surface area contributed by atoms with E-state index in [4.69, 9.17) is 0 Å². The maximum Gasteiger partial charge on any atom is 0.289 e. The van der Waals surface area contributed by atoms with Gasteiger partial charge in [-0.2, -0.15) is 0 Å². The number of nitro benzene ring substituents is 2. The van der Waals surface area contributed by atoms with Gasteiger partial charge in [0.05, 0.1) is 15.9 Å². The molecule has 1 atom stereocenters. The molecule has 0 aliphatic heterocycles. The van der Waals surface area contributed by atoms with Crippen molar-refractivity contribution < 1.29 is 14.6 Å². The number of anilines is 1. The number of nitrogens with zero attached hydrogens (tertiary/aromatic N) is 2. The van der Waals surface area contributed by atoms with Crippen LogP contribution < -0.4 is 5.32 Å². The van der Waals surface area contributed by atoms with Crippen molar-refractivity contribution in [3.8, 4) is 0 Å². The van der Waals surface area contributed by atoms with Gasteiger partial charge in [0.1, 0.15) is 5.56 Å². The van der Waals surface area contributed by atoms with E-state index in [2.05, 4.69) is 19.2 Å². The van der Waals surface area contributed by atoms with Crippen LogP contribution in [0.5, 0.6) is 0 Å². The van der Waals surface area contributed by atoms with E-state index >= 15 is 0 Å². The van der Waals surface area contributed by atoms with Gasteiger partial charge >= 0.3 is 0 Å². The fourth-order valence-electron chi connectivity index (χ4n) is 2.31. The molecule has 1 N–H and O–H groups in total. The summed E-state index contributed by atoms with van der Waals surface area (Å²) in [6, 6.07) is 10.1. The SMILES string of the molecule is CC[C@H](C)c1ccc(NC(=O)c2ccc([N+](=O)[O-])cc2[N+](=O)[O-])cc1. The maximum atomic E-state index is 12.3. The first kappa shape index (κ1) is 18.1. The van der Waals surface area contributed by atoms with Gasteiger partial charge in [-0.05, 0) is 36.1 Å². The molecule has 2 aromatic carbocycles. The number of non-ortho nitro benzene ring substituents is 1. The fourth-order valence-corrected chi connectivity index (χ4v) is 2.31. The molecule has 0 saturated heterocycles. The zero-order chi connectivity index (χ0) is 18.6. The number of hydrogen-bond donors (Lipinski definition) is 1. The van der Waals surface area contributed by atoms with Crippen molar-refractivity contribution in [1.82, 2.24) is 0 Å². The smallest absolute Gasteiger partial charge is 0.289 e. The summed E-state index contributed by atoms with van der Waals surface area (Å²) in [6.45, 7) is 4.17. The van der Waals surface area contributed by atoms with E-state index in [-0.39, 0.29) is 5.56 Å². The number of amides is 1. The highest BCUT2D eigenvalue weighted by Crippen LogP contribution is 2.26. The Bertz CT molecular complexity index is 818. The number of hydrogen-bond acceptors (Lipinski definition) is 5. The highest BCUT2D eigenvalue weighted by molar-refractivity contribution is 6.07.